The number of likely N-dealkylation sites (tertiary alicyclic amines) is 2. The molecule has 0 saturated carbocycles. The SMILES string of the molecule is C#C[Si](C)(C)C.COCCN1CCC(Cc2ncc(C#C[Si](C)(C)C)cn2)CC1.COCCN1CCC(N)CC1.C[Si](C)(C)C#Cc1cnc(Cl)nc1.Clc1ncc(I)cn1. The van der Waals surface area contributed by atoms with Crippen molar-refractivity contribution in [3.8, 4) is 34.9 Å². The van der Waals surface area contributed by atoms with Gasteiger partial charge in [0, 0.05) is 80.5 Å². The molecular weight excluding hydrogens is 969 g/mol. The number of nitrogens with zero attached hydrogens (tertiary/aromatic N) is 8. The Morgan fingerprint density at radius 2 is 1.02 bits per heavy atom. The largest absolute Gasteiger partial charge is 0.383 e. The highest BCUT2D eigenvalue weighted by Crippen LogP contribution is 2.20. The van der Waals surface area contributed by atoms with E-state index < -0.39 is 24.2 Å². The van der Waals surface area contributed by atoms with Crippen LogP contribution in [0.1, 0.15) is 42.6 Å². The molecule has 0 aromatic carbocycles. The summed E-state index contributed by atoms with van der Waals surface area (Å²) in [4.78, 5) is 29.1. The third-order valence-corrected chi connectivity index (χ3v) is 12.1. The highest BCUT2D eigenvalue weighted by Gasteiger charge is 2.20. The molecule has 5 heterocycles. The number of hydrogen-bond acceptors (Lipinski definition) is 11. The molecule has 11 nitrogen and oxygen atoms in total. The summed E-state index contributed by atoms with van der Waals surface area (Å²) in [6.45, 7) is 28.1. The van der Waals surface area contributed by atoms with Crippen LogP contribution in [0, 0.1) is 44.4 Å². The highest BCUT2D eigenvalue weighted by atomic mass is 127. The Bertz CT molecular complexity index is 1780. The zero-order valence-electron chi connectivity index (χ0n) is 38.5. The Morgan fingerprint density at radius 3 is 1.36 bits per heavy atom. The van der Waals surface area contributed by atoms with Crippen LogP contribution in [-0.2, 0) is 15.9 Å². The van der Waals surface area contributed by atoms with Crippen molar-refractivity contribution in [1.82, 2.24) is 39.7 Å². The molecule has 2 fully saturated rings. The highest BCUT2D eigenvalue weighted by molar-refractivity contribution is 14.1. The molecule has 0 bridgehead atoms. The van der Waals surface area contributed by atoms with Crippen molar-refractivity contribution < 1.29 is 9.47 Å². The average molecular weight is 1040 g/mol. The summed E-state index contributed by atoms with van der Waals surface area (Å²) in [5.74, 6) is 7.91. The zero-order valence-corrected chi connectivity index (χ0v) is 45.2. The standard InChI is InChI=1S/C18H29N3OSi.C9H11ClN2Si.C8H18N2O.C5H10Si.C4H2ClIN2/c1-22-11-10-21-8-5-16(6-9-21)13-18-19-14-17(15-20-18)7-12-23(2,3)4;1-13(2,3)5-4-8-6-11-9(10)12-7-8;1-11-7-6-10-4-2-8(9)3-5-10;1-5-6(2,3)4;5-4-7-1-3(6)2-8-4/h14-16H,5-6,8-11,13H2,1-4H3;6-7H,1-3H3;8H,2-7,9H2,1H3;1H,2-4H3;1-2H. The van der Waals surface area contributed by atoms with E-state index in [-0.39, 0.29) is 5.28 Å². The molecule has 2 aliphatic rings. The Morgan fingerprint density at radius 1 is 0.656 bits per heavy atom. The molecule has 17 heteroatoms. The predicted octanol–water partition coefficient (Wildman–Crippen LogP) is 8.25. The van der Waals surface area contributed by atoms with Gasteiger partial charge in [0.1, 0.15) is 30.0 Å². The maximum Gasteiger partial charge on any atom is 0.222 e. The summed E-state index contributed by atoms with van der Waals surface area (Å²) < 4.78 is 11.1. The third kappa shape index (κ3) is 32.1. The predicted molar refractivity (Wildman–Crippen MR) is 272 cm³/mol. The number of methoxy groups -OCH3 is 2. The summed E-state index contributed by atoms with van der Waals surface area (Å²) >= 11 is 13.0. The fourth-order valence-corrected chi connectivity index (χ4v) is 6.52. The normalized spacial score (nSPS) is 14.9. The number of piperidine rings is 2. The molecule has 5 rings (SSSR count). The van der Waals surface area contributed by atoms with E-state index in [1.807, 2.05) is 12.4 Å². The second kappa shape index (κ2) is 30.7. The van der Waals surface area contributed by atoms with Gasteiger partial charge in [0.05, 0.1) is 24.3 Å². The van der Waals surface area contributed by atoms with Crippen LogP contribution in [0.3, 0.4) is 0 Å². The molecule has 336 valence electrons. The second-order valence-corrected chi connectivity index (χ2v) is 34.1. The second-order valence-electron chi connectivity index (χ2n) is 17.8. The van der Waals surface area contributed by atoms with Gasteiger partial charge < -0.3 is 25.0 Å². The molecule has 0 atom stereocenters. The van der Waals surface area contributed by atoms with Crippen LogP contribution in [0.15, 0.2) is 37.2 Å². The van der Waals surface area contributed by atoms with Crippen molar-refractivity contribution >= 4 is 70.0 Å². The van der Waals surface area contributed by atoms with Crippen molar-refractivity contribution in [1.29, 1.82) is 0 Å². The first-order valence-electron chi connectivity index (χ1n) is 20.7. The Labute approximate surface area is 395 Å². The molecule has 0 unspecified atom stereocenters. The van der Waals surface area contributed by atoms with Gasteiger partial charge in [-0.2, -0.15) is 0 Å². The minimum Gasteiger partial charge on any atom is -0.383 e. The number of ether oxygens (including phenoxy) is 2. The van der Waals surface area contributed by atoms with Crippen LogP contribution in [0.4, 0.5) is 0 Å². The molecular formula is C44H70Cl2IN9O2Si3. The Hall–Kier alpha value is -2.32. The maximum absolute atomic E-state index is 5.77. The molecule has 2 aliphatic heterocycles. The molecule has 0 radical (unpaired) electrons. The minimum atomic E-state index is -1.34. The summed E-state index contributed by atoms with van der Waals surface area (Å²) in [5, 5.41) is 0.559. The number of hydrogen-bond donors (Lipinski definition) is 1. The smallest absolute Gasteiger partial charge is 0.222 e. The average Bonchev–Trinajstić information content (AvgIpc) is 3.21. The van der Waals surface area contributed by atoms with Crippen LogP contribution < -0.4 is 5.73 Å². The van der Waals surface area contributed by atoms with Gasteiger partial charge in [-0.25, -0.2) is 29.9 Å². The number of nitrogens with two attached hydrogens (primary N) is 1. The molecule has 0 amide bonds. The van der Waals surface area contributed by atoms with E-state index in [4.69, 9.17) is 44.8 Å². The fraction of sp³-hybridized carbons (Fsp3) is 0.591. The number of aromatic nitrogens is 6. The van der Waals surface area contributed by atoms with Gasteiger partial charge in [-0.15, -0.1) is 23.1 Å². The van der Waals surface area contributed by atoms with Crippen molar-refractivity contribution in [2.24, 2.45) is 11.7 Å². The van der Waals surface area contributed by atoms with Crippen LogP contribution in [-0.4, -0.2) is 137 Å². The van der Waals surface area contributed by atoms with E-state index in [1.54, 1.807) is 39.0 Å². The number of terminal acetylenes is 1. The van der Waals surface area contributed by atoms with Crippen LogP contribution >= 0.6 is 45.8 Å². The van der Waals surface area contributed by atoms with Crippen molar-refractivity contribution in [3.05, 3.63) is 68.3 Å². The van der Waals surface area contributed by atoms with Gasteiger partial charge in [0.25, 0.3) is 0 Å². The van der Waals surface area contributed by atoms with E-state index in [0.717, 1.165) is 92.3 Å². The van der Waals surface area contributed by atoms with Gasteiger partial charge in [-0.3, -0.25) is 0 Å². The van der Waals surface area contributed by atoms with Gasteiger partial charge >= 0.3 is 0 Å². The van der Waals surface area contributed by atoms with Crippen molar-refractivity contribution in [3.63, 3.8) is 0 Å². The van der Waals surface area contributed by atoms with Gasteiger partial charge in [-0.1, -0.05) is 70.8 Å². The lowest BCUT2D eigenvalue weighted by Gasteiger charge is -2.31. The molecule has 0 aliphatic carbocycles. The molecule has 2 N–H and O–H groups in total. The lowest BCUT2D eigenvalue weighted by Crippen LogP contribution is -2.40. The summed E-state index contributed by atoms with van der Waals surface area (Å²) in [5.41, 5.74) is 16.8. The molecule has 3 aromatic rings. The minimum absolute atomic E-state index is 0.263. The van der Waals surface area contributed by atoms with Gasteiger partial charge in [0.2, 0.25) is 10.6 Å². The topological polar surface area (TPSA) is 128 Å². The third-order valence-electron chi connectivity index (χ3n) is 8.55. The number of halogens is 3. The van der Waals surface area contributed by atoms with Gasteiger partial charge in [-0.05, 0) is 104 Å². The first-order valence-corrected chi connectivity index (χ1v) is 33.1. The Kier molecular flexibility index (Phi) is 28.5. The molecule has 3 aromatic heterocycles. The Balaban J connectivity index is 0.000000416. The molecule has 2 saturated heterocycles. The lowest BCUT2D eigenvalue weighted by molar-refractivity contribution is 0.120. The summed E-state index contributed by atoms with van der Waals surface area (Å²) in [6.07, 6.45) is 21.2. The first kappa shape index (κ1) is 56.7. The van der Waals surface area contributed by atoms with Gasteiger partial charge in [0.15, 0.2) is 0 Å². The lowest BCUT2D eigenvalue weighted by atomic mass is 9.93. The van der Waals surface area contributed by atoms with E-state index in [1.165, 1.54) is 12.8 Å². The molecule has 0 spiro atoms. The van der Waals surface area contributed by atoms with E-state index in [0.29, 0.717) is 17.2 Å². The summed E-state index contributed by atoms with van der Waals surface area (Å²) in [7, 11) is -0.231. The first-order chi connectivity index (χ1) is 28.6. The van der Waals surface area contributed by atoms with E-state index in [2.05, 4.69) is 150 Å². The van der Waals surface area contributed by atoms with Crippen molar-refractivity contribution in [2.45, 2.75) is 97.1 Å². The van der Waals surface area contributed by atoms with Crippen LogP contribution in [0.25, 0.3) is 0 Å². The monoisotopic (exact) mass is 1040 g/mol. The quantitative estimate of drug-likeness (QED) is 0.101. The fourth-order valence-electron chi connectivity index (χ4n) is 5.01. The van der Waals surface area contributed by atoms with Crippen LogP contribution in [0.5, 0.6) is 0 Å². The maximum atomic E-state index is 5.77. The zero-order chi connectivity index (χ0) is 45.9. The molecule has 61 heavy (non-hydrogen) atoms. The summed E-state index contributed by atoms with van der Waals surface area (Å²) in [6, 6.07) is 0.439. The van der Waals surface area contributed by atoms with E-state index in [9.17, 15) is 0 Å². The van der Waals surface area contributed by atoms with Crippen molar-refractivity contribution in [2.75, 3.05) is 66.7 Å². The van der Waals surface area contributed by atoms with E-state index >= 15 is 0 Å². The number of rotatable bonds is 8. The van der Waals surface area contributed by atoms with Crippen LogP contribution in [0.2, 0.25) is 69.5 Å².